The summed E-state index contributed by atoms with van der Waals surface area (Å²) in [6.45, 7) is 3.72. The SMILES string of the molecule is CCc1ccc(C(=O)N2CC[C@@]3(CO)CN(c4ccc(C#N)c(C(F)(F)F)c4)C[C@H]3C2)cc1. The molecule has 1 N–H and O–H groups in total. The number of aliphatic hydroxyl groups excluding tert-OH is 1. The fourth-order valence-electron chi connectivity index (χ4n) is 5.05. The molecular weight excluding hydrogens is 431 g/mol. The van der Waals surface area contributed by atoms with E-state index < -0.39 is 22.7 Å². The van der Waals surface area contributed by atoms with Crippen molar-refractivity contribution in [3.05, 3.63) is 64.7 Å². The van der Waals surface area contributed by atoms with Crippen molar-refractivity contribution in [1.82, 2.24) is 4.90 Å². The van der Waals surface area contributed by atoms with Crippen molar-refractivity contribution in [2.45, 2.75) is 25.9 Å². The van der Waals surface area contributed by atoms with Gasteiger partial charge in [0.05, 0.1) is 23.8 Å². The summed E-state index contributed by atoms with van der Waals surface area (Å²) in [5.74, 6) is -0.138. The van der Waals surface area contributed by atoms with Gasteiger partial charge in [-0.15, -0.1) is 0 Å². The highest BCUT2D eigenvalue weighted by Gasteiger charge is 2.50. The lowest BCUT2D eigenvalue weighted by Gasteiger charge is -2.42. The summed E-state index contributed by atoms with van der Waals surface area (Å²) in [5.41, 5.74) is 0.289. The topological polar surface area (TPSA) is 67.6 Å². The Hall–Kier alpha value is -3.05. The zero-order chi connectivity index (χ0) is 23.8. The summed E-state index contributed by atoms with van der Waals surface area (Å²) in [6, 6.07) is 12.9. The molecule has 0 aromatic heterocycles. The molecule has 0 saturated carbocycles. The number of halogens is 3. The third-order valence-corrected chi connectivity index (χ3v) is 7.14. The van der Waals surface area contributed by atoms with Gasteiger partial charge in [-0.3, -0.25) is 4.79 Å². The monoisotopic (exact) mass is 457 g/mol. The second-order valence-corrected chi connectivity index (χ2v) is 8.99. The number of carbonyl (C=O) groups is 1. The minimum absolute atomic E-state index is 0.0691. The Labute approximate surface area is 191 Å². The van der Waals surface area contributed by atoms with Crippen molar-refractivity contribution in [2.75, 3.05) is 37.7 Å². The van der Waals surface area contributed by atoms with E-state index in [1.165, 1.54) is 12.1 Å². The molecule has 2 aromatic carbocycles. The highest BCUT2D eigenvalue weighted by molar-refractivity contribution is 5.94. The van der Waals surface area contributed by atoms with Gasteiger partial charge in [0.2, 0.25) is 0 Å². The predicted octanol–water partition coefficient (Wildman–Crippen LogP) is 4.10. The number of alkyl halides is 3. The Morgan fingerprint density at radius 1 is 1.21 bits per heavy atom. The first-order valence-electron chi connectivity index (χ1n) is 11.1. The number of carbonyl (C=O) groups excluding carboxylic acids is 1. The molecular formula is C25H26F3N3O2. The number of nitriles is 1. The average molecular weight is 457 g/mol. The number of likely N-dealkylation sites (tertiary alicyclic amines) is 1. The molecule has 2 aliphatic heterocycles. The minimum Gasteiger partial charge on any atom is -0.396 e. The van der Waals surface area contributed by atoms with Gasteiger partial charge in [-0.1, -0.05) is 19.1 Å². The van der Waals surface area contributed by atoms with E-state index in [0.29, 0.717) is 43.9 Å². The maximum Gasteiger partial charge on any atom is 0.417 e. The van der Waals surface area contributed by atoms with E-state index in [1.807, 2.05) is 36.1 Å². The molecule has 2 saturated heterocycles. The zero-order valence-corrected chi connectivity index (χ0v) is 18.4. The van der Waals surface area contributed by atoms with E-state index in [-0.39, 0.29) is 18.4 Å². The molecule has 2 atom stereocenters. The quantitative estimate of drug-likeness (QED) is 0.751. The summed E-state index contributed by atoms with van der Waals surface area (Å²) >= 11 is 0. The minimum atomic E-state index is -4.63. The van der Waals surface area contributed by atoms with Crippen LogP contribution >= 0.6 is 0 Å². The first kappa shape index (κ1) is 23.1. The number of rotatable bonds is 4. The van der Waals surface area contributed by atoms with Crippen LogP contribution in [0.3, 0.4) is 0 Å². The standard InChI is InChI=1S/C25H26F3N3O2/c1-2-17-3-5-18(6-4-17)23(33)30-10-9-24(16-32)15-31(14-20(24)13-30)21-8-7-19(12-29)22(11-21)25(26,27)28/h3-8,11,20,32H,2,9-10,13-16H2,1H3/t20-,24+/m1/s1. The molecule has 2 heterocycles. The number of anilines is 1. The Balaban J connectivity index is 1.55. The van der Waals surface area contributed by atoms with Crippen LogP contribution in [0.1, 0.15) is 40.4 Å². The summed E-state index contributed by atoms with van der Waals surface area (Å²) < 4.78 is 40.3. The third kappa shape index (κ3) is 4.30. The summed E-state index contributed by atoms with van der Waals surface area (Å²) in [7, 11) is 0. The molecule has 5 nitrogen and oxygen atoms in total. The number of nitrogens with zero attached hydrogens (tertiary/aromatic N) is 3. The van der Waals surface area contributed by atoms with E-state index in [4.69, 9.17) is 5.26 Å². The second-order valence-electron chi connectivity index (χ2n) is 8.99. The maximum absolute atomic E-state index is 13.4. The Morgan fingerprint density at radius 2 is 1.94 bits per heavy atom. The highest BCUT2D eigenvalue weighted by atomic mass is 19.4. The van der Waals surface area contributed by atoms with Gasteiger partial charge in [-0.2, -0.15) is 18.4 Å². The van der Waals surface area contributed by atoms with Crippen LogP contribution in [0.5, 0.6) is 0 Å². The molecule has 0 aliphatic carbocycles. The number of hydrogen-bond donors (Lipinski definition) is 1. The molecule has 4 rings (SSSR count). The molecule has 0 unspecified atom stereocenters. The van der Waals surface area contributed by atoms with Crippen LogP contribution in [0.2, 0.25) is 0 Å². The van der Waals surface area contributed by atoms with Gasteiger partial charge in [0.15, 0.2) is 0 Å². The predicted molar refractivity (Wildman–Crippen MR) is 118 cm³/mol. The van der Waals surface area contributed by atoms with Gasteiger partial charge in [0.1, 0.15) is 0 Å². The van der Waals surface area contributed by atoms with Gasteiger partial charge in [-0.25, -0.2) is 0 Å². The number of amides is 1. The Bertz CT molecular complexity index is 1080. The molecule has 0 bridgehead atoms. The first-order valence-corrected chi connectivity index (χ1v) is 11.1. The number of hydrogen-bond acceptors (Lipinski definition) is 4. The average Bonchev–Trinajstić information content (AvgIpc) is 3.22. The largest absolute Gasteiger partial charge is 0.417 e. The lowest BCUT2D eigenvalue weighted by Crippen LogP contribution is -2.50. The van der Waals surface area contributed by atoms with E-state index in [0.717, 1.165) is 18.1 Å². The van der Waals surface area contributed by atoms with Gasteiger partial charge in [-0.05, 0) is 48.7 Å². The van der Waals surface area contributed by atoms with Crippen LogP contribution in [0.4, 0.5) is 18.9 Å². The van der Waals surface area contributed by atoms with Gasteiger partial charge >= 0.3 is 6.18 Å². The van der Waals surface area contributed by atoms with E-state index >= 15 is 0 Å². The van der Waals surface area contributed by atoms with Crippen LogP contribution < -0.4 is 4.90 Å². The van der Waals surface area contributed by atoms with Gasteiger partial charge in [0.25, 0.3) is 5.91 Å². The van der Waals surface area contributed by atoms with E-state index in [1.54, 1.807) is 11.0 Å². The van der Waals surface area contributed by atoms with Crippen LogP contribution in [-0.2, 0) is 12.6 Å². The number of aryl methyl sites for hydroxylation is 1. The molecule has 2 aliphatic rings. The first-order chi connectivity index (χ1) is 15.7. The molecule has 0 spiro atoms. The lowest BCUT2D eigenvalue weighted by atomic mass is 9.73. The Kier molecular flexibility index (Phi) is 6.10. The molecule has 2 fully saturated rings. The van der Waals surface area contributed by atoms with Crippen molar-refractivity contribution in [3.63, 3.8) is 0 Å². The maximum atomic E-state index is 13.4. The van der Waals surface area contributed by atoms with Crippen molar-refractivity contribution in [3.8, 4) is 6.07 Å². The molecule has 0 radical (unpaired) electrons. The van der Waals surface area contributed by atoms with Crippen molar-refractivity contribution >= 4 is 11.6 Å². The zero-order valence-electron chi connectivity index (χ0n) is 18.4. The van der Waals surface area contributed by atoms with Crippen LogP contribution in [0.15, 0.2) is 42.5 Å². The van der Waals surface area contributed by atoms with Crippen LogP contribution in [0.25, 0.3) is 0 Å². The molecule has 174 valence electrons. The molecule has 8 heteroatoms. The smallest absolute Gasteiger partial charge is 0.396 e. The van der Waals surface area contributed by atoms with Crippen molar-refractivity contribution < 1.29 is 23.1 Å². The Morgan fingerprint density at radius 3 is 2.55 bits per heavy atom. The van der Waals surface area contributed by atoms with Crippen LogP contribution in [0, 0.1) is 22.7 Å². The normalized spacial score (nSPS) is 22.7. The van der Waals surface area contributed by atoms with Gasteiger partial charge < -0.3 is 14.9 Å². The fourth-order valence-corrected chi connectivity index (χ4v) is 5.05. The number of aliphatic hydroxyl groups is 1. The number of benzene rings is 2. The summed E-state index contributed by atoms with van der Waals surface area (Å²) in [6.07, 6.45) is -3.16. The number of fused-ring (bicyclic) bond motifs is 1. The lowest BCUT2D eigenvalue weighted by molar-refractivity contribution is -0.137. The molecule has 33 heavy (non-hydrogen) atoms. The summed E-state index contributed by atoms with van der Waals surface area (Å²) in [4.78, 5) is 16.7. The van der Waals surface area contributed by atoms with Crippen molar-refractivity contribution in [1.29, 1.82) is 5.26 Å². The summed E-state index contributed by atoms with van der Waals surface area (Å²) in [5, 5.41) is 19.3. The number of piperidine rings is 1. The third-order valence-electron chi connectivity index (χ3n) is 7.14. The van der Waals surface area contributed by atoms with Crippen molar-refractivity contribution in [2.24, 2.45) is 11.3 Å². The van der Waals surface area contributed by atoms with Crippen LogP contribution in [-0.4, -0.2) is 48.7 Å². The van der Waals surface area contributed by atoms with E-state index in [9.17, 15) is 23.1 Å². The highest BCUT2D eigenvalue weighted by Crippen LogP contribution is 2.45. The molecule has 1 amide bonds. The fraction of sp³-hybridized carbons (Fsp3) is 0.440. The molecule has 2 aromatic rings. The van der Waals surface area contributed by atoms with E-state index in [2.05, 4.69) is 0 Å². The van der Waals surface area contributed by atoms with Gasteiger partial charge in [0, 0.05) is 48.8 Å². The second kappa shape index (κ2) is 8.71.